The molecule has 120 valence electrons. The van der Waals surface area contributed by atoms with E-state index in [9.17, 15) is 13.2 Å². The number of alkyl halides is 3. The van der Waals surface area contributed by atoms with Crippen LogP contribution in [0.5, 0.6) is 0 Å². The number of halogens is 3. The molecule has 0 aliphatic carbocycles. The van der Waals surface area contributed by atoms with Crippen LogP contribution in [-0.2, 0) is 19.1 Å². The van der Waals surface area contributed by atoms with Gasteiger partial charge in [0.1, 0.15) is 0 Å². The van der Waals surface area contributed by atoms with E-state index < -0.39 is 12.0 Å². The Bertz CT molecular complexity index is 491. The first-order valence-electron chi connectivity index (χ1n) is 7.24. The molecule has 0 saturated heterocycles. The predicted molar refractivity (Wildman–Crippen MR) is 75.1 cm³/mol. The highest BCUT2D eigenvalue weighted by Gasteiger charge is 2.41. The topological polar surface area (TPSA) is 33.1 Å². The lowest BCUT2D eigenvalue weighted by atomic mass is 10.0. The summed E-state index contributed by atoms with van der Waals surface area (Å²) in [6.07, 6.45) is -3.83. The third-order valence-corrected chi connectivity index (χ3v) is 3.83. The summed E-state index contributed by atoms with van der Waals surface area (Å²) in [5.74, 6) is -0.654. The van der Waals surface area contributed by atoms with Crippen molar-refractivity contribution < 1.29 is 13.2 Å². The minimum absolute atomic E-state index is 0.0988. The van der Waals surface area contributed by atoms with Crippen molar-refractivity contribution in [3.8, 4) is 0 Å². The summed E-state index contributed by atoms with van der Waals surface area (Å²) < 4.78 is 41.6. The first-order valence-corrected chi connectivity index (χ1v) is 7.24. The van der Waals surface area contributed by atoms with Crippen molar-refractivity contribution >= 4 is 0 Å². The minimum Gasteiger partial charge on any atom is -0.319 e. The SMILES string of the molecule is CC(C)C(CN(C)C)n1c(C(F)(F)F)nc2c1CCNC2. The number of hydrogen-bond acceptors (Lipinski definition) is 3. The zero-order valence-electron chi connectivity index (χ0n) is 13.0. The number of fused-ring (bicyclic) bond motifs is 1. The Balaban J connectivity index is 2.55. The van der Waals surface area contributed by atoms with Gasteiger partial charge in [-0.15, -0.1) is 0 Å². The van der Waals surface area contributed by atoms with Crippen LogP contribution in [0.4, 0.5) is 13.2 Å². The van der Waals surface area contributed by atoms with Crippen molar-refractivity contribution in [3.63, 3.8) is 0 Å². The number of imidazole rings is 1. The van der Waals surface area contributed by atoms with Crippen molar-refractivity contribution in [2.45, 2.75) is 39.0 Å². The third kappa shape index (κ3) is 3.40. The van der Waals surface area contributed by atoms with Gasteiger partial charge in [-0.1, -0.05) is 13.8 Å². The second kappa shape index (κ2) is 5.96. The van der Waals surface area contributed by atoms with E-state index in [4.69, 9.17) is 0 Å². The van der Waals surface area contributed by atoms with E-state index in [1.807, 2.05) is 32.8 Å². The van der Waals surface area contributed by atoms with Crippen LogP contribution < -0.4 is 5.32 Å². The first kappa shape index (κ1) is 16.3. The molecule has 0 radical (unpaired) electrons. The van der Waals surface area contributed by atoms with Crippen LogP contribution >= 0.6 is 0 Å². The number of rotatable bonds is 4. The lowest BCUT2D eigenvalue weighted by molar-refractivity contribution is -0.148. The molecule has 0 spiro atoms. The first-order chi connectivity index (χ1) is 9.71. The summed E-state index contributed by atoms with van der Waals surface area (Å²) in [6, 6.07) is -0.231. The molecule has 2 heterocycles. The Morgan fingerprint density at radius 1 is 1.33 bits per heavy atom. The number of nitrogens with one attached hydrogen (secondary N) is 1. The van der Waals surface area contributed by atoms with Gasteiger partial charge in [0.2, 0.25) is 5.82 Å². The predicted octanol–water partition coefficient (Wildman–Crippen LogP) is 2.31. The Hall–Kier alpha value is -1.08. The van der Waals surface area contributed by atoms with Crippen molar-refractivity contribution in [1.29, 1.82) is 0 Å². The fourth-order valence-electron chi connectivity index (χ4n) is 2.85. The van der Waals surface area contributed by atoms with Gasteiger partial charge in [-0.3, -0.25) is 0 Å². The Morgan fingerprint density at radius 2 is 2.00 bits per heavy atom. The largest absolute Gasteiger partial charge is 0.449 e. The molecule has 0 bridgehead atoms. The van der Waals surface area contributed by atoms with Gasteiger partial charge < -0.3 is 14.8 Å². The van der Waals surface area contributed by atoms with Gasteiger partial charge in [-0.25, -0.2) is 4.98 Å². The van der Waals surface area contributed by atoms with E-state index in [2.05, 4.69) is 10.3 Å². The van der Waals surface area contributed by atoms with Gasteiger partial charge >= 0.3 is 6.18 Å². The number of likely N-dealkylation sites (N-methyl/N-ethyl adjacent to an activating group) is 1. The summed E-state index contributed by atoms with van der Waals surface area (Å²) in [5, 5.41) is 3.09. The monoisotopic (exact) mass is 304 g/mol. The fourth-order valence-corrected chi connectivity index (χ4v) is 2.85. The van der Waals surface area contributed by atoms with Crippen molar-refractivity contribution in [1.82, 2.24) is 19.8 Å². The minimum atomic E-state index is -4.42. The summed E-state index contributed by atoms with van der Waals surface area (Å²) in [7, 11) is 3.77. The van der Waals surface area contributed by atoms with Crippen LogP contribution in [0.2, 0.25) is 0 Å². The highest BCUT2D eigenvalue weighted by Crippen LogP contribution is 2.35. The molecule has 2 rings (SSSR count). The summed E-state index contributed by atoms with van der Waals surface area (Å²) in [4.78, 5) is 5.82. The van der Waals surface area contributed by atoms with E-state index in [1.165, 1.54) is 4.57 Å². The highest BCUT2D eigenvalue weighted by atomic mass is 19.4. The van der Waals surface area contributed by atoms with E-state index in [0.717, 1.165) is 5.69 Å². The van der Waals surface area contributed by atoms with E-state index >= 15 is 0 Å². The molecule has 0 saturated carbocycles. The lowest BCUT2D eigenvalue weighted by Crippen LogP contribution is -2.33. The maximum atomic E-state index is 13.4. The molecule has 21 heavy (non-hydrogen) atoms. The standard InChI is InChI=1S/C14H23F3N4/c1-9(2)12(8-20(3)4)21-11-5-6-18-7-10(11)19-13(21)14(15,16)17/h9,12,18H,5-8H2,1-4H3. The van der Waals surface area contributed by atoms with E-state index in [0.29, 0.717) is 31.7 Å². The molecule has 1 aromatic heterocycles. The number of aromatic nitrogens is 2. The molecular formula is C14H23F3N4. The van der Waals surface area contributed by atoms with Crippen LogP contribution in [0.15, 0.2) is 0 Å². The molecule has 7 heteroatoms. The van der Waals surface area contributed by atoms with E-state index in [-0.39, 0.29) is 12.0 Å². The van der Waals surface area contributed by atoms with Crippen molar-refractivity contribution in [3.05, 3.63) is 17.2 Å². The fraction of sp³-hybridized carbons (Fsp3) is 0.786. The maximum absolute atomic E-state index is 13.4. The molecule has 1 atom stereocenters. The van der Waals surface area contributed by atoms with Gasteiger partial charge in [0.25, 0.3) is 0 Å². The zero-order valence-corrected chi connectivity index (χ0v) is 13.0. The van der Waals surface area contributed by atoms with Gasteiger partial charge in [0.15, 0.2) is 0 Å². The zero-order chi connectivity index (χ0) is 15.8. The molecule has 4 nitrogen and oxygen atoms in total. The van der Waals surface area contributed by atoms with Crippen LogP contribution in [-0.4, -0.2) is 41.6 Å². The summed E-state index contributed by atoms with van der Waals surface area (Å²) in [5.41, 5.74) is 1.28. The van der Waals surface area contributed by atoms with E-state index in [1.54, 1.807) is 0 Å². The Kier molecular flexibility index (Phi) is 4.63. The van der Waals surface area contributed by atoms with Crippen molar-refractivity contribution in [2.24, 2.45) is 5.92 Å². The molecule has 1 aromatic rings. The van der Waals surface area contributed by atoms with Crippen LogP contribution in [0.3, 0.4) is 0 Å². The van der Waals surface area contributed by atoms with Crippen LogP contribution in [0, 0.1) is 5.92 Å². The summed E-state index contributed by atoms with van der Waals surface area (Å²) >= 11 is 0. The maximum Gasteiger partial charge on any atom is 0.449 e. The lowest BCUT2D eigenvalue weighted by Gasteiger charge is -2.30. The Labute approximate surface area is 123 Å². The second-order valence-electron chi connectivity index (χ2n) is 6.20. The number of hydrogen-bond donors (Lipinski definition) is 1. The van der Waals surface area contributed by atoms with Crippen molar-refractivity contribution in [2.75, 3.05) is 27.2 Å². The average Bonchev–Trinajstić information content (AvgIpc) is 2.74. The van der Waals surface area contributed by atoms with Crippen LogP contribution in [0.25, 0.3) is 0 Å². The highest BCUT2D eigenvalue weighted by molar-refractivity contribution is 5.23. The molecule has 1 N–H and O–H groups in total. The van der Waals surface area contributed by atoms with Gasteiger partial charge in [0.05, 0.1) is 11.7 Å². The third-order valence-electron chi connectivity index (χ3n) is 3.83. The molecule has 1 aliphatic heterocycles. The summed E-state index contributed by atoms with van der Waals surface area (Å²) in [6.45, 7) is 5.60. The normalized spacial score (nSPS) is 17.4. The average molecular weight is 304 g/mol. The Morgan fingerprint density at radius 3 is 2.52 bits per heavy atom. The molecule has 0 fully saturated rings. The molecular weight excluding hydrogens is 281 g/mol. The quantitative estimate of drug-likeness (QED) is 0.926. The molecule has 0 amide bonds. The van der Waals surface area contributed by atoms with Gasteiger partial charge in [-0.2, -0.15) is 13.2 Å². The molecule has 1 aliphatic rings. The van der Waals surface area contributed by atoms with Crippen LogP contribution in [0.1, 0.15) is 37.1 Å². The molecule has 0 aromatic carbocycles. The van der Waals surface area contributed by atoms with Gasteiger partial charge in [-0.05, 0) is 20.0 Å². The molecule has 1 unspecified atom stereocenters. The number of nitrogens with zero attached hydrogens (tertiary/aromatic N) is 3. The smallest absolute Gasteiger partial charge is 0.319 e. The second-order valence-corrected chi connectivity index (χ2v) is 6.20. The van der Waals surface area contributed by atoms with Gasteiger partial charge in [0, 0.05) is 31.7 Å².